The largest absolute Gasteiger partial charge is 0.328 e. The van der Waals surface area contributed by atoms with Gasteiger partial charge >= 0.3 is 0 Å². The molecule has 2 unspecified atom stereocenters. The number of hydrogen-bond donors (Lipinski definition) is 2. The normalized spacial score (nSPS) is 22.5. The van der Waals surface area contributed by atoms with E-state index < -0.39 is 0 Å². The molecule has 2 atom stereocenters. The van der Waals surface area contributed by atoms with Gasteiger partial charge < -0.3 is 16.4 Å². The van der Waals surface area contributed by atoms with E-state index in [0.717, 1.165) is 19.3 Å². The summed E-state index contributed by atoms with van der Waals surface area (Å²) in [6, 6.07) is 0.648. The van der Waals surface area contributed by atoms with Crippen molar-refractivity contribution in [2.45, 2.75) is 51.1 Å². The zero-order valence-electron chi connectivity index (χ0n) is 9.41. The van der Waals surface area contributed by atoms with Crippen molar-refractivity contribution in [1.82, 2.24) is 4.90 Å². The van der Waals surface area contributed by atoms with Crippen LogP contribution in [0.15, 0.2) is 0 Å². The summed E-state index contributed by atoms with van der Waals surface area (Å²) in [5.41, 5.74) is 11.7. The highest BCUT2D eigenvalue weighted by molar-refractivity contribution is 4.71. The first kappa shape index (κ1) is 12.0. The number of rotatable bonds is 6. The maximum atomic E-state index is 6.02. The Hall–Kier alpha value is -0.120. The van der Waals surface area contributed by atoms with Crippen LogP contribution in [0.2, 0.25) is 0 Å². The number of hydrogen-bond acceptors (Lipinski definition) is 3. The monoisotopic (exact) mass is 199 g/mol. The average molecular weight is 199 g/mol. The van der Waals surface area contributed by atoms with E-state index in [0.29, 0.717) is 12.1 Å². The second kappa shape index (κ2) is 6.38. The van der Waals surface area contributed by atoms with Crippen LogP contribution in [0.4, 0.5) is 0 Å². The van der Waals surface area contributed by atoms with Crippen LogP contribution in [0.25, 0.3) is 0 Å². The third kappa shape index (κ3) is 4.94. The molecule has 1 heterocycles. The molecule has 3 heteroatoms. The summed E-state index contributed by atoms with van der Waals surface area (Å²) < 4.78 is 0. The Morgan fingerprint density at radius 2 is 1.71 bits per heavy atom. The summed E-state index contributed by atoms with van der Waals surface area (Å²) in [5.74, 6) is 0. The van der Waals surface area contributed by atoms with E-state index >= 15 is 0 Å². The maximum absolute atomic E-state index is 6.02. The van der Waals surface area contributed by atoms with Crippen LogP contribution in [-0.2, 0) is 0 Å². The average Bonchev–Trinajstić information content (AvgIpc) is 2.63. The van der Waals surface area contributed by atoms with Crippen LogP contribution in [-0.4, -0.2) is 36.6 Å². The Morgan fingerprint density at radius 1 is 1.07 bits per heavy atom. The summed E-state index contributed by atoms with van der Waals surface area (Å²) in [5, 5.41) is 0. The van der Waals surface area contributed by atoms with Crippen molar-refractivity contribution in [2.75, 3.05) is 19.6 Å². The molecular formula is C11H25N3. The van der Waals surface area contributed by atoms with Gasteiger partial charge in [-0.2, -0.15) is 0 Å². The van der Waals surface area contributed by atoms with Gasteiger partial charge in [0.15, 0.2) is 0 Å². The molecule has 1 aliphatic rings. The fourth-order valence-electron chi connectivity index (χ4n) is 1.98. The molecule has 84 valence electrons. The molecule has 0 aliphatic carbocycles. The fraction of sp³-hybridized carbons (Fsp3) is 1.00. The first-order valence-electron chi connectivity index (χ1n) is 5.92. The predicted octanol–water partition coefficient (Wildman–Crippen LogP) is 0.927. The molecular weight excluding hydrogens is 174 g/mol. The Labute approximate surface area is 87.8 Å². The molecule has 0 amide bonds. The molecule has 0 spiro atoms. The number of nitrogens with two attached hydrogens (primary N) is 2. The highest BCUT2D eigenvalue weighted by Gasteiger charge is 2.12. The minimum Gasteiger partial charge on any atom is -0.328 e. The van der Waals surface area contributed by atoms with Crippen molar-refractivity contribution in [3.8, 4) is 0 Å². The molecule has 0 saturated carbocycles. The molecule has 14 heavy (non-hydrogen) atoms. The lowest BCUT2D eigenvalue weighted by molar-refractivity contribution is 0.316. The van der Waals surface area contributed by atoms with Crippen LogP contribution in [0.5, 0.6) is 0 Å². The van der Waals surface area contributed by atoms with Crippen molar-refractivity contribution in [2.24, 2.45) is 11.5 Å². The topological polar surface area (TPSA) is 55.3 Å². The first-order valence-corrected chi connectivity index (χ1v) is 5.92. The van der Waals surface area contributed by atoms with E-state index in [2.05, 4.69) is 4.90 Å². The van der Waals surface area contributed by atoms with Gasteiger partial charge in [-0.15, -0.1) is 0 Å². The number of likely N-dealkylation sites (tertiary alicyclic amines) is 1. The van der Waals surface area contributed by atoms with Gasteiger partial charge in [-0.1, -0.05) is 0 Å². The third-order valence-electron chi connectivity index (χ3n) is 3.01. The van der Waals surface area contributed by atoms with Crippen LogP contribution in [0.3, 0.4) is 0 Å². The minimum absolute atomic E-state index is 0.299. The zero-order valence-corrected chi connectivity index (χ0v) is 9.41. The van der Waals surface area contributed by atoms with Gasteiger partial charge in [-0.25, -0.2) is 0 Å². The Bertz CT molecular complexity index is 141. The van der Waals surface area contributed by atoms with Crippen molar-refractivity contribution in [1.29, 1.82) is 0 Å². The molecule has 1 aliphatic heterocycles. The van der Waals surface area contributed by atoms with Crippen LogP contribution in [0.1, 0.15) is 39.0 Å². The summed E-state index contributed by atoms with van der Waals surface area (Å²) in [4.78, 5) is 2.52. The quantitative estimate of drug-likeness (QED) is 0.669. The zero-order chi connectivity index (χ0) is 10.4. The predicted molar refractivity (Wildman–Crippen MR) is 61.1 cm³/mol. The van der Waals surface area contributed by atoms with Crippen LogP contribution in [0, 0.1) is 0 Å². The smallest absolute Gasteiger partial charge is 0.00515 e. The molecule has 0 aromatic carbocycles. The van der Waals surface area contributed by atoms with Gasteiger partial charge in [0.25, 0.3) is 0 Å². The Balaban J connectivity index is 1.99. The molecule has 1 saturated heterocycles. The van der Waals surface area contributed by atoms with E-state index in [4.69, 9.17) is 11.5 Å². The van der Waals surface area contributed by atoms with Gasteiger partial charge in [0.1, 0.15) is 0 Å². The second-order valence-corrected chi connectivity index (χ2v) is 4.65. The number of nitrogens with zero attached hydrogens (tertiary/aromatic N) is 1. The van der Waals surface area contributed by atoms with Crippen molar-refractivity contribution < 1.29 is 0 Å². The molecule has 1 rings (SSSR count). The molecule has 0 bridgehead atoms. The molecule has 0 aromatic rings. The van der Waals surface area contributed by atoms with Gasteiger partial charge in [0.2, 0.25) is 0 Å². The highest BCUT2D eigenvalue weighted by Crippen LogP contribution is 2.09. The summed E-state index contributed by atoms with van der Waals surface area (Å²) in [6.07, 6.45) is 6.00. The molecule has 1 fully saturated rings. The molecule has 3 nitrogen and oxygen atoms in total. The lowest BCUT2D eigenvalue weighted by Gasteiger charge is -2.18. The summed E-state index contributed by atoms with van der Waals surface area (Å²) in [7, 11) is 0. The van der Waals surface area contributed by atoms with Gasteiger partial charge in [-0.05, 0) is 58.7 Å². The summed E-state index contributed by atoms with van der Waals surface area (Å²) >= 11 is 0. The summed E-state index contributed by atoms with van der Waals surface area (Å²) in [6.45, 7) is 5.79. The molecule has 4 N–H and O–H groups in total. The standard InChI is InChI=1S/C11H25N3/c1-10(12)4-5-11(13)6-9-14-7-2-3-8-14/h10-11H,2-9,12-13H2,1H3. The van der Waals surface area contributed by atoms with E-state index in [1.165, 1.54) is 32.5 Å². The van der Waals surface area contributed by atoms with E-state index in [9.17, 15) is 0 Å². The third-order valence-corrected chi connectivity index (χ3v) is 3.01. The minimum atomic E-state index is 0.299. The van der Waals surface area contributed by atoms with Gasteiger partial charge in [0, 0.05) is 12.1 Å². The van der Waals surface area contributed by atoms with Crippen LogP contribution < -0.4 is 11.5 Å². The highest BCUT2D eigenvalue weighted by atomic mass is 15.1. The second-order valence-electron chi connectivity index (χ2n) is 4.65. The van der Waals surface area contributed by atoms with Crippen molar-refractivity contribution in [3.05, 3.63) is 0 Å². The Kier molecular flexibility index (Phi) is 5.45. The maximum Gasteiger partial charge on any atom is 0.00515 e. The van der Waals surface area contributed by atoms with Crippen molar-refractivity contribution in [3.63, 3.8) is 0 Å². The van der Waals surface area contributed by atoms with Crippen molar-refractivity contribution >= 4 is 0 Å². The SMILES string of the molecule is CC(N)CCC(N)CCN1CCCC1. The Morgan fingerprint density at radius 3 is 2.29 bits per heavy atom. The van der Waals surface area contributed by atoms with E-state index in [1.54, 1.807) is 0 Å². The molecule has 0 radical (unpaired) electrons. The van der Waals surface area contributed by atoms with Gasteiger partial charge in [-0.3, -0.25) is 0 Å². The van der Waals surface area contributed by atoms with Gasteiger partial charge in [0.05, 0.1) is 0 Å². The lowest BCUT2D eigenvalue weighted by Crippen LogP contribution is -2.30. The van der Waals surface area contributed by atoms with Crippen LogP contribution >= 0.6 is 0 Å². The molecule has 0 aromatic heterocycles. The lowest BCUT2D eigenvalue weighted by atomic mass is 10.1. The first-order chi connectivity index (χ1) is 6.68. The van der Waals surface area contributed by atoms with E-state index in [1.807, 2.05) is 6.92 Å². The fourth-order valence-corrected chi connectivity index (χ4v) is 1.98. The van der Waals surface area contributed by atoms with E-state index in [-0.39, 0.29) is 0 Å².